The smallest absolute Gasteiger partial charge is 0.0468 e. The molecule has 2 aliphatic rings. The first-order valence-electron chi connectivity index (χ1n) is 28.5. The quantitative estimate of drug-likeness (QED) is 0.150. The van der Waals surface area contributed by atoms with Crippen molar-refractivity contribution < 1.29 is 0 Å². The first kappa shape index (κ1) is 49.3. The maximum absolute atomic E-state index is 2.61. The highest BCUT2D eigenvalue weighted by Crippen LogP contribution is 2.61. The molecule has 0 fully saturated rings. The molecule has 12 aromatic carbocycles. The van der Waals surface area contributed by atoms with Crippen LogP contribution in [0, 0.1) is 41.5 Å². The van der Waals surface area contributed by atoms with Gasteiger partial charge in [0.15, 0.2) is 0 Å². The van der Waals surface area contributed by atoms with Gasteiger partial charge in [-0.25, -0.2) is 0 Å². The zero-order valence-corrected chi connectivity index (χ0v) is 47.7. The lowest BCUT2D eigenvalue weighted by Gasteiger charge is -2.29. The normalized spacial score (nSPS) is 13.6. The van der Waals surface area contributed by atoms with Crippen molar-refractivity contribution in [2.75, 3.05) is 9.80 Å². The van der Waals surface area contributed by atoms with Crippen LogP contribution in [0.25, 0.3) is 76.8 Å². The van der Waals surface area contributed by atoms with Crippen LogP contribution < -0.4 is 9.80 Å². The van der Waals surface area contributed by atoms with Gasteiger partial charge in [0.25, 0.3) is 0 Å². The fourth-order valence-corrected chi connectivity index (χ4v) is 13.9. The van der Waals surface area contributed by atoms with E-state index in [1.807, 2.05) is 0 Å². The molecule has 0 saturated heterocycles. The van der Waals surface area contributed by atoms with E-state index in [0.717, 1.165) is 34.1 Å². The third-order valence-electron chi connectivity index (χ3n) is 17.8. The highest BCUT2D eigenvalue weighted by molar-refractivity contribution is 6.17. The van der Waals surface area contributed by atoms with Crippen LogP contribution in [0.3, 0.4) is 0 Å². The van der Waals surface area contributed by atoms with Crippen molar-refractivity contribution >= 4 is 66.4 Å². The SMILES string of the molecule is Cc1ccc(N(c2ccc3c(c2)C(C)(C)c2cc4c(-c5cc(C)cc(C)c5)c5c(cc4c(-c4cc(C)cc(C)c4)c2-3)C(C)(C)c2cc(N(c3ccc(C)cc3)c3ccc4ccccc4c3)ccc2-5)c2ccc3ccccc3c2)cc1. The Labute approximate surface area is 472 Å². The average Bonchev–Trinajstić information content (AvgIpc) is 2.57. The van der Waals surface area contributed by atoms with Gasteiger partial charge in [0.1, 0.15) is 0 Å². The molecule has 0 aromatic heterocycles. The van der Waals surface area contributed by atoms with Gasteiger partial charge in [-0.05, 0) is 226 Å². The maximum atomic E-state index is 2.61. The topological polar surface area (TPSA) is 6.48 Å². The van der Waals surface area contributed by atoms with Crippen LogP contribution in [0.1, 0.15) is 83.3 Å². The summed E-state index contributed by atoms with van der Waals surface area (Å²) < 4.78 is 0. The van der Waals surface area contributed by atoms with E-state index in [0.29, 0.717) is 0 Å². The van der Waals surface area contributed by atoms with Crippen LogP contribution in [0.2, 0.25) is 0 Å². The first-order valence-corrected chi connectivity index (χ1v) is 28.5. The second kappa shape index (κ2) is 18.3. The van der Waals surface area contributed by atoms with Crippen molar-refractivity contribution in [2.45, 2.75) is 80.1 Å². The van der Waals surface area contributed by atoms with Gasteiger partial charge in [0, 0.05) is 45.0 Å². The summed E-state index contributed by atoms with van der Waals surface area (Å²) in [5.74, 6) is 0. The molecule has 2 aliphatic carbocycles. The molecule has 12 aromatic rings. The molecule has 0 N–H and O–H groups in total. The van der Waals surface area contributed by atoms with Crippen LogP contribution >= 0.6 is 0 Å². The Morgan fingerprint density at radius 1 is 0.250 bits per heavy atom. The summed E-state index contributed by atoms with van der Waals surface area (Å²) in [5, 5.41) is 7.52. The lowest BCUT2D eigenvalue weighted by atomic mass is 9.76. The summed E-state index contributed by atoms with van der Waals surface area (Å²) in [6, 6.07) is 83.3. The number of anilines is 6. The molecule has 2 heteroatoms. The molecule has 0 aliphatic heterocycles. The zero-order chi connectivity index (χ0) is 54.9. The van der Waals surface area contributed by atoms with Crippen molar-refractivity contribution in [1.29, 1.82) is 0 Å². The molecule has 0 amide bonds. The van der Waals surface area contributed by atoms with Crippen molar-refractivity contribution in [3.8, 4) is 44.5 Å². The summed E-state index contributed by atoms with van der Waals surface area (Å²) in [5.41, 5.74) is 29.6. The van der Waals surface area contributed by atoms with Crippen molar-refractivity contribution in [3.05, 3.63) is 274 Å². The van der Waals surface area contributed by atoms with Gasteiger partial charge < -0.3 is 9.80 Å². The minimum atomic E-state index is -0.349. The van der Waals surface area contributed by atoms with Gasteiger partial charge in [-0.15, -0.1) is 0 Å². The summed E-state index contributed by atoms with van der Waals surface area (Å²) in [7, 11) is 0. The molecule has 0 saturated carbocycles. The van der Waals surface area contributed by atoms with Gasteiger partial charge in [-0.3, -0.25) is 0 Å². The molecule has 388 valence electrons. The molecule has 2 nitrogen and oxygen atoms in total. The molecule has 0 radical (unpaired) electrons. The molecule has 14 rings (SSSR count). The number of nitrogens with zero attached hydrogens (tertiary/aromatic N) is 2. The van der Waals surface area contributed by atoms with E-state index in [2.05, 4.69) is 297 Å². The summed E-state index contributed by atoms with van der Waals surface area (Å²) in [6.07, 6.45) is 0. The maximum Gasteiger partial charge on any atom is 0.0468 e. The number of hydrogen-bond acceptors (Lipinski definition) is 2. The predicted octanol–water partition coefficient (Wildman–Crippen LogP) is 21.9. The lowest BCUT2D eigenvalue weighted by molar-refractivity contribution is 0.660. The number of aryl methyl sites for hydroxylation is 6. The Bertz CT molecular complexity index is 4200. The van der Waals surface area contributed by atoms with Crippen LogP contribution in [-0.4, -0.2) is 0 Å². The van der Waals surface area contributed by atoms with Gasteiger partial charge >= 0.3 is 0 Å². The van der Waals surface area contributed by atoms with Gasteiger partial charge in [0.05, 0.1) is 0 Å². The minimum absolute atomic E-state index is 0.349. The third kappa shape index (κ3) is 7.90. The van der Waals surface area contributed by atoms with Crippen LogP contribution in [-0.2, 0) is 10.8 Å². The fraction of sp³-hybridized carbons (Fsp3) is 0.154. The van der Waals surface area contributed by atoms with E-state index in [1.165, 1.54) is 132 Å². The Morgan fingerprint density at radius 2 is 0.575 bits per heavy atom. The van der Waals surface area contributed by atoms with Crippen molar-refractivity contribution in [2.24, 2.45) is 0 Å². The van der Waals surface area contributed by atoms with Crippen molar-refractivity contribution in [3.63, 3.8) is 0 Å². The molecule has 0 atom stereocenters. The third-order valence-corrected chi connectivity index (χ3v) is 17.8. The molecule has 80 heavy (non-hydrogen) atoms. The number of rotatable bonds is 8. The standard InChI is InChI=1S/C78H66N2/c1-47-19-25-59(26-20-47)79(61-29-23-53-15-11-13-17-55(53)41-61)63-31-33-65-69(43-63)77(7,8)71-45-67-68(73(75(65)71)57-37-49(3)35-50(4)38-57)46-72-76(74(67)58-39-51(5)36-52(6)40-58)66-34-32-64(44-70(66)78(72,9)10)80(60-27-21-48(2)22-28-60)62-30-24-54-16-12-14-18-56(54)42-62/h11-46H,1-10H3. The number of fused-ring (bicyclic) bond motifs is 9. The van der Waals surface area contributed by atoms with E-state index in [4.69, 9.17) is 0 Å². The Morgan fingerprint density at radius 3 is 0.950 bits per heavy atom. The van der Waals surface area contributed by atoms with E-state index < -0.39 is 0 Å². The van der Waals surface area contributed by atoms with Gasteiger partial charge in [-0.2, -0.15) is 0 Å². The van der Waals surface area contributed by atoms with Gasteiger partial charge in [-0.1, -0.05) is 195 Å². The Kier molecular flexibility index (Phi) is 11.3. The second-order valence-corrected chi connectivity index (χ2v) is 24.3. The molecule has 0 bridgehead atoms. The molecule has 0 heterocycles. The average molecular weight is 1030 g/mol. The lowest BCUT2D eigenvalue weighted by Crippen LogP contribution is -2.17. The monoisotopic (exact) mass is 1030 g/mol. The van der Waals surface area contributed by atoms with E-state index in [1.54, 1.807) is 0 Å². The second-order valence-electron chi connectivity index (χ2n) is 24.3. The number of benzene rings is 12. The minimum Gasteiger partial charge on any atom is -0.310 e. The molecule has 0 unspecified atom stereocenters. The highest BCUT2D eigenvalue weighted by Gasteiger charge is 2.43. The molecular weight excluding hydrogens is 965 g/mol. The number of hydrogen-bond donors (Lipinski definition) is 0. The van der Waals surface area contributed by atoms with Gasteiger partial charge in [0.2, 0.25) is 0 Å². The van der Waals surface area contributed by atoms with E-state index >= 15 is 0 Å². The van der Waals surface area contributed by atoms with E-state index in [9.17, 15) is 0 Å². The highest BCUT2D eigenvalue weighted by atomic mass is 15.1. The zero-order valence-electron chi connectivity index (χ0n) is 47.7. The van der Waals surface area contributed by atoms with Crippen molar-refractivity contribution in [1.82, 2.24) is 0 Å². The molecular formula is C78H66N2. The largest absolute Gasteiger partial charge is 0.310 e. The Balaban J connectivity index is 1.02. The van der Waals surface area contributed by atoms with Crippen LogP contribution in [0.4, 0.5) is 34.1 Å². The summed E-state index contributed by atoms with van der Waals surface area (Å²) >= 11 is 0. The predicted molar refractivity (Wildman–Crippen MR) is 343 cm³/mol. The summed E-state index contributed by atoms with van der Waals surface area (Å²) in [6.45, 7) is 23.2. The summed E-state index contributed by atoms with van der Waals surface area (Å²) in [4.78, 5) is 4.89. The first-order chi connectivity index (χ1) is 38.6. The molecule has 0 spiro atoms. The fourth-order valence-electron chi connectivity index (χ4n) is 13.9. The van der Waals surface area contributed by atoms with E-state index in [-0.39, 0.29) is 10.8 Å². The van der Waals surface area contributed by atoms with Crippen LogP contribution in [0.15, 0.2) is 218 Å². The Hall–Kier alpha value is -8.98. The van der Waals surface area contributed by atoms with Crippen LogP contribution in [0.5, 0.6) is 0 Å².